The van der Waals surface area contributed by atoms with Crippen LogP contribution in [0, 0.1) is 6.92 Å². The zero-order valence-electron chi connectivity index (χ0n) is 24.3. The summed E-state index contributed by atoms with van der Waals surface area (Å²) >= 11 is 11.8. The summed E-state index contributed by atoms with van der Waals surface area (Å²) in [6.07, 6.45) is 0.663. The van der Waals surface area contributed by atoms with Crippen LogP contribution in [-0.2, 0) is 36.9 Å². The summed E-state index contributed by atoms with van der Waals surface area (Å²) in [5, 5.41) is 4.85. The Morgan fingerprint density at radius 2 is 1.72 bits per heavy atom. The number of para-hydroxylation sites is 1. The number of carbonyl (C=O) groups is 3. The molecule has 0 spiro atoms. The predicted molar refractivity (Wildman–Crippen MR) is 170 cm³/mol. The fourth-order valence-corrected chi connectivity index (χ4v) is 5.43. The van der Waals surface area contributed by atoms with Crippen LogP contribution in [0.2, 0.25) is 0 Å². The summed E-state index contributed by atoms with van der Waals surface area (Å²) in [4.78, 5) is 47.5. The molecule has 228 valence electrons. The van der Waals surface area contributed by atoms with Gasteiger partial charge in [0.2, 0.25) is 5.91 Å². The van der Waals surface area contributed by atoms with E-state index in [-0.39, 0.29) is 38.2 Å². The average Bonchev–Trinajstić information content (AvgIpc) is 3.39. The number of aryl methyl sites for hydroxylation is 1. The van der Waals surface area contributed by atoms with Crippen LogP contribution in [0.25, 0.3) is 21.8 Å². The van der Waals surface area contributed by atoms with E-state index in [4.69, 9.17) is 32.7 Å². The molecule has 0 saturated heterocycles. The van der Waals surface area contributed by atoms with Gasteiger partial charge in [0.05, 0.1) is 24.0 Å². The molecule has 2 aromatic heterocycles. The number of aromatic nitrogens is 2. The minimum absolute atomic E-state index is 0.0417. The number of nitrogens with zero attached hydrogens (tertiary/aromatic N) is 2. The van der Waals surface area contributed by atoms with Crippen LogP contribution in [0.3, 0.4) is 0 Å². The number of halogens is 2. The van der Waals surface area contributed by atoms with Gasteiger partial charge in [-0.3, -0.25) is 14.6 Å². The number of H-pyrrole nitrogens is 1. The molecular formula is C32H36Cl2N4O5. The molecule has 43 heavy (non-hydrogen) atoms. The van der Waals surface area contributed by atoms with Crippen LogP contribution in [-0.4, -0.2) is 65.8 Å². The van der Waals surface area contributed by atoms with Gasteiger partial charge in [0.25, 0.3) is 0 Å². The van der Waals surface area contributed by atoms with Gasteiger partial charge in [-0.25, -0.2) is 4.79 Å². The first-order valence-electron chi connectivity index (χ1n) is 14.2. The van der Waals surface area contributed by atoms with Crippen molar-refractivity contribution in [3.05, 3.63) is 71.5 Å². The third kappa shape index (κ3) is 8.61. The lowest BCUT2D eigenvalue weighted by Crippen LogP contribution is -2.43. The number of aromatic amines is 1. The number of pyridine rings is 1. The third-order valence-corrected chi connectivity index (χ3v) is 7.51. The number of hydrogen-bond acceptors (Lipinski definition) is 7. The van der Waals surface area contributed by atoms with Crippen molar-refractivity contribution < 1.29 is 23.9 Å². The summed E-state index contributed by atoms with van der Waals surface area (Å²) in [7, 11) is 1.28. The number of benzene rings is 2. The van der Waals surface area contributed by atoms with Gasteiger partial charge >= 0.3 is 11.9 Å². The highest BCUT2D eigenvalue weighted by atomic mass is 35.5. The molecule has 1 atom stereocenters. The second kappa shape index (κ2) is 15.6. The Bertz CT molecular complexity index is 1550. The Morgan fingerprint density at radius 1 is 1.00 bits per heavy atom. The van der Waals surface area contributed by atoms with Crippen molar-refractivity contribution in [2.45, 2.75) is 45.3 Å². The Balaban J connectivity index is 1.25. The highest BCUT2D eigenvalue weighted by molar-refractivity contribution is 6.18. The Labute approximate surface area is 260 Å². The molecule has 11 heteroatoms. The van der Waals surface area contributed by atoms with E-state index in [2.05, 4.69) is 20.2 Å². The largest absolute Gasteiger partial charge is 0.467 e. The number of rotatable bonds is 15. The van der Waals surface area contributed by atoms with Crippen molar-refractivity contribution in [3.63, 3.8) is 0 Å². The van der Waals surface area contributed by atoms with Crippen LogP contribution in [0.1, 0.15) is 36.2 Å². The fraction of sp³-hybridized carbons (Fsp3) is 0.375. The fourth-order valence-electron chi connectivity index (χ4n) is 5.02. The number of nitrogens with one attached hydrogen (secondary N) is 2. The molecule has 0 unspecified atom stereocenters. The van der Waals surface area contributed by atoms with Crippen LogP contribution < -0.4 is 10.2 Å². The third-order valence-electron chi connectivity index (χ3n) is 7.17. The molecule has 0 aliphatic rings. The number of hydrogen-bond donors (Lipinski definition) is 2. The summed E-state index contributed by atoms with van der Waals surface area (Å²) in [6, 6.07) is 16.7. The Morgan fingerprint density at radius 3 is 2.42 bits per heavy atom. The van der Waals surface area contributed by atoms with Gasteiger partial charge in [0, 0.05) is 66.1 Å². The standard InChI is InChI=1S/C32H36Cl2N4O5/c1-21-31-26(25-6-3-4-7-27(25)37-31)19-23(35-21)20-43-30(40)9-5-8-29(39)36-28(32(41)42-2)18-22-10-12-24(13-11-22)38(16-14-33)17-15-34/h3-4,6-7,10-13,19,28,37H,5,8-9,14-18,20H2,1-2H3,(H,36,39)/t28-/m0/s1. The highest BCUT2D eigenvalue weighted by Crippen LogP contribution is 2.27. The maximum Gasteiger partial charge on any atom is 0.328 e. The van der Waals surface area contributed by atoms with Crippen LogP contribution in [0.5, 0.6) is 0 Å². The van der Waals surface area contributed by atoms with Crippen molar-refractivity contribution >= 4 is 68.5 Å². The van der Waals surface area contributed by atoms with E-state index in [1.807, 2.05) is 61.5 Å². The predicted octanol–water partition coefficient (Wildman–Crippen LogP) is 5.42. The van der Waals surface area contributed by atoms with E-state index < -0.39 is 18.0 Å². The maximum absolute atomic E-state index is 12.6. The summed E-state index contributed by atoms with van der Waals surface area (Å²) in [5.74, 6) is -0.361. The summed E-state index contributed by atoms with van der Waals surface area (Å²) in [5.41, 5.74) is 5.29. The van der Waals surface area contributed by atoms with E-state index in [1.165, 1.54) is 7.11 Å². The maximum atomic E-state index is 12.6. The second-order valence-electron chi connectivity index (χ2n) is 10.2. The molecule has 0 aliphatic carbocycles. The molecule has 4 aromatic rings. The van der Waals surface area contributed by atoms with Gasteiger partial charge in [-0.05, 0) is 43.2 Å². The minimum Gasteiger partial charge on any atom is -0.467 e. The van der Waals surface area contributed by atoms with Gasteiger partial charge in [0.1, 0.15) is 12.6 Å². The van der Waals surface area contributed by atoms with Gasteiger partial charge in [-0.2, -0.15) is 0 Å². The summed E-state index contributed by atoms with van der Waals surface area (Å²) in [6.45, 7) is 3.29. The average molecular weight is 628 g/mol. The molecule has 2 N–H and O–H groups in total. The molecule has 2 heterocycles. The molecule has 0 saturated carbocycles. The van der Waals surface area contributed by atoms with Crippen molar-refractivity contribution in [2.24, 2.45) is 0 Å². The number of fused-ring (bicyclic) bond motifs is 3. The van der Waals surface area contributed by atoms with E-state index in [9.17, 15) is 14.4 Å². The number of esters is 2. The topological polar surface area (TPSA) is 114 Å². The molecular weight excluding hydrogens is 591 g/mol. The molecule has 0 bridgehead atoms. The smallest absolute Gasteiger partial charge is 0.328 e. The molecule has 9 nitrogen and oxygen atoms in total. The van der Waals surface area contributed by atoms with Gasteiger partial charge in [-0.15, -0.1) is 23.2 Å². The number of methoxy groups -OCH3 is 1. The van der Waals surface area contributed by atoms with E-state index in [1.54, 1.807) is 0 Å². The SMILES string of the molecule is COC(=O)[C@H](Cc1ccc(N(CCCl)CCCl)cc1)NC(=O)CCCC(=O)OCc1cc2c([nH]c3ccccc32)c(C)n1. The van der Waals surface area contributed by atoms with Crippen molar-refractivity contribution in [2.75, 3.05) is 36.9 Å². The highest BCUT2D eigenvalue weighted by Gasteiger charge is 2.22. The number of carbonyl (C=O) groups excluding carboxylic acids is 3. The first-order valence-corrected chi connectivity index (χ1v) is 15.3. The zero-order chi connectivity index (χ0) is 30.8. The van der Waals surface area contributed by atoms with Crippen LogP contribution >= 0.6 is 23.2 Å². The normalized spacial score (nSPS) is 11.8. The van der Waals surface area contributed by atoms with Gasteiger partial charge < -0.3 is 24.7 Å². The van der Waals surface area contributed by atoms with E-state index in [0.717, 1.165) is 38.8 Å². The van der Waals surface area contributed by atoms with Crippen molar-refractivity contribution in [1.29, 1.82) is 0 Å². The molecule has 4 rings (SSSR count). The molecule has 0 fully saturated rings. The zero-order valence-corrected chi connectivity index (χ0v) is 25.8. The van der Waals surface area contributed by atoms with Crippen molar-refractivity contribution in [3.8, 4) is 0 Å². The number of ether oxygens (including phenoxy) is 2. The van der Waals surface area contributed by atoms with Crippen LogP contribution in [0.4, 0.5) is 5.69 Å². The second-order valence-corrected chi connectivity index (χ2v) is 10.9. The van der Waals surface area contributed by atoms with Crippen LogP contribution in [0.15, 0.2) is 54.6 Å². The van der Waals surface area contributed by atoms with Gasteiger partial charge in [0.15, 0.2) is 0 Å². The van der Waals surface area contributed by atoms with E-state index >= 15 is 0 Å². The van der Waals surface area contributed by atoms with E-state index in [0.29, 0.717) is 30.5 Å². The Hall–Kier alpha value is -3.82. The lowest BCUT2D eigenvalue weighted by Gasteiger charge is -2.23. The molecule has 1 amide bonds. The summed E-state index contributed by atoms with van der Waals surface area (Å²) < 4.78 is 10.3. The lowest BCUT2D eigenvalue weighted by molar-refractivity contribution is -0.146. The first-order chi connectivity index (χ1) is 20.8. The Kier molecular flexibility index (Phi) is 11.6. The number of amides is 1. The number of anilines is 1. The molecule has 2 aromatic carbocycles. The minimum atomic E-state index is -0.856. The first kappa shape index (κ1) is 32.1. The van der Waals surface area contributed by atoms with Gasteiger partial charge in [-0.1, -0.05) is 30.3 Å². The lowest BCUT2D eigenvalue weighted by atomic mass is 10.0. The number of alkyl halides is 2. The van der Waals surface area contributed by atoms with Crippen molar-refractivity contribution in [1.82, 2.24) is 15.3 Å². The monoisotopic (exact) mass is 626 g/mol. The molecule has 0 aliphatic heterocycles. The molecule has 0 radical (unpaired) electrons. The quantitative estimate of drug-likeness (QED) is 0.134.